The van der Waals surface area contributed by atoms with E-state index in [1.54, 1.807) is 0 Å². The molecule has 0 amide bonds. The predicted octanol–water partition coefficient (Wildman–Crippen LogP) is 17.6. The van der Waals surface area contributed by atoms with Crippen LogP contribution in [0.2, 0.25) is 0 Å². The summed E-state index contributed by atoms with van der Waals surface area (Å²) in [5.74, 6) is 2.33. The van der Waals surface area contributed by atoms with Crippen LogP contribution in [0.4, 0.5) is 22.7 Å². The highest BCUT2D eigenvalue weighted by atomic mass is 16.5. The summed E-state index contributed by atoms with van der Waals surface area (Å²) in [7, 11) is 0. The van der Waals surface area contributed by atoms with Crippen molar-refractivity contribution < 1.29 is 4.74 Å². The van der Waals surface area contributed by atoms with Crippen LogP contribution in [-0.4, -0.2) is 16.2 Å². The van der Waals surface area contributed by atoms with Gasteiger partial charge in [-0.25, -0.2) is 4.98 Å². The highest BCUT2D eigenvalue weighted by molar-refractivity contribution is 6.10. The Morgan fingerprint density at radius 2 is 1.08 bits per heavy atom. The lowest BCUT2D eigenvalue weighted by molar-refractivity contribution is 0.483. The molecule has 6 nitrogen and oxygen atoms in total. The van der Waals surface area contributed by atoms with E-state index in [1.807, 2.05) is 30.3 Å². The van der Waals surface area contributed by atoms with Crippen LogP contribution in [0.25, 0.3) is 49.9 Å². The van der Waals surface area contributed by atoms with Crippen molar-refractivity contribution in [2.45, 2.75) is 105 Å². The molecule has 0 radical (unpaired) electrons. The Kier molecular flexibility index (Phi) is 11.5. The number of aromatic nitrogens is 2. The molecule has 10 rings (SSSR count). The second-order valence-electron chi connectivity index (χ2n) is 23.5. The van der Waals surface area contributed by atoms with Crippen LogP contribution in [0.15, 0.2) is 164 Å². The van der Waals surface area contributed by atoms with Crippen molar-refractivity contribution in [2.24, 2.45) is 0 Å². The van der Waals surface area contributed by atoms with Gasteiger partial charge in [0.2, 0.25) is 0 Å². The van der Waals surface area contributed by atoms with Gasteiger partial charge in [-0.2, -0.15) is 5.26 Å². The zero-order valence-electron chi connectivity index (χ0n) is 43.4. The Labute approximate surface area is 420 Å². The highest BCUT2D eigenvalue weighted by Gasteiger charge is 2.31. The van der Waals surface area contributed by atoms with Crippen molar-refractivity contribution in [3.8, 4) is 45.6 Å². The fourth-order valence-electron chi connectivity index (χ4n) is 9.93. The summed E-state index contributed by atoms with van der Waals surface area (Å²) in [5, 5.41) is 11.7. The molecule has 3 heterocycles. The summed E-state index contributed by atoms with van der Waals surface area (Å²) in [6.07, 6.45) is 2.05. The molecule has 0 N–H and O–H groups in total. The van der Waals surface area contributed by atoms with Crippen molar-refractivity contribution in [1.29, 1.82) is 5.26 Å². The number of hydrogen-bond donors (Lipinski definition) is 0. The lowest BCUT2D eigenvalue weighted by atomic mass is 9.80. The van der Waals surface area contributed by atoms with Crippen molar-refractivity contribution in [3.63, 3.8) is 0 Å². The molecular weight excluding hydrogens is 867 g/mol. The minimum atomic E-state index is -0.171. The Bertz CT molecular complexity index is 3490. The number of rotatable bonds is 7. The lowest BCUT2D eigenvalue weighted by Gasteiger charge is -2.29. The molecule has 1 aliphatic heterocycles. The summed E-state index contributed by atoms with van der Waals surface area (Å²) < 4.78 is 9.17. The average molecular weight is 932 g/mol. The van der Waals surface area contributed by atoms with Crippen molar-refractivity contribution in [1.82, 2.24) is 9.55 Å². The van der Waals surface area contributed by atoms with Crippen LogP contribution in [0.5, 0.6) is 11.5 Å². The van der Waals surface area contributed by atoms with Gasteiger partial charge in [-0.15, -0.1) is 0 Å². The molecule has 0 spiro atoms. The highest BCUT2D eigenvalue weighted by Crippen LogP contribution is 2.47. The third-order valence-electron chi connectivity index (χ3n) is 14.1. The summed E-state index contributed by atoms with van der Waals surface area (Å²) in [6.45, 7) is 28.0. The van der Waals surface area contributed by atoms with Crippen LogP contribution >= 0.6 is 0 Å². The maximum atomic E-state index is 9.51. The normalized spacial score (nSPS) is 13.2. The Morgan fingerprint density at radius 3 is 1.70 bits per heavy atom. The van der Waals surface area contributed by atoms with E-state index < -0.39 is 0 Å². The number of nitrogens with zero attached hydrogens (tertiary/aromatic N) is 5. The van der Waals surface area contributed by atoms with E-state index in [9.17, 15) is 5.26 Å². The summed E-state index contributed by atoms with van der Waals surface area (Å²) in [6, 6.07) is 58.6. The first-order valence-electron chi connectivity index (χ1n) is 24.9. The van der Waals surface area contributed by atoms with Gasteiger partial charge in [-0.1, -0.05) is 150 Å². The topological polar surface area (TPSA) is 57.3 Å². The number of pyridine rings is 1. The zero-order valence-corrected chi connectivity index (χ0v) is 43.4. The van der Waals surface area contributed by atoms with Crippen LogP contribution in [0, 0.1) is 11.3 Å². The number of hydrogen-bond acceptors (Lipinski definition) is 5. The largest absolute Gasteiger partial charge is 0.457 e. The molecule has 1 aliphatic rings. The number of ether oxygens (including phenoxy) is 1. The van der Waals surface area contributed by atoms with Crippen molar-refractivity contribution in [3.05, 3.63) is 192 Å². The smallest absolute Gasteiger partial charge is 0.137 e. The molecule has 0 saturated heterocycles. The van der Waals surface area contributed by atoms with Gasteiger partial charge in [-0.3, -0.25) is 4.57 Å². The first-order valence-corrected chi connectivity index (χ1v) is 24.9. The number of fused-ring (bicyclic) bond motifs is 4. The number of para-hydroxylation sites is 2. The third kappa shape index (κ3) is 9.07. The fraction of sp³-hybridized carbons (Fsp3) is 0.262. The monoisotopic (exact) mass is 932 g/mol. The molecule has 356 valence electrons. The Morgan fingerprint density at radius 1 is 0.479 bits per heavy atom. The van der Waals surface area contributed by atoms with Crippen molar-refractivity contribution >= 4 is 44.6 Å². The third-order valence-corrected chi connectivity index (χ3v) is 14.1. The minimum Gasteiger partial charge on any atom is -0.457 e. The van der Waals surface area contributed by atoms with E-state index in [0.717, 1.165) is 72.8 Å². The summed E-state index contributed by atoms with van der Waals surface area (Å²) in [4.78, 5) is 10.1. The van der Waals surface area contributed by atoms with Gasteiger partial charge in [0.25, 0.3) is 0 Å². The lowest BCUT2D eigenvalue weighted by Crippen LogP contribution is -2.25. The molecule has 0 unspecified atom stereocenters. The molecular formula is C65H65N5O. The Hall–Kier alpha value is -7.62. The van der Waals surface area contributed by atoms with E-state index in [1.165, 1.54) is 33.6 Å². The maximum absolute atomic E-state index is 9.51. The van der Waals surface area contributed by atoms with Crippen LogP contribution < -0.4 is 14.5 Å². The van der Waals surface area contributed by atoms with Gasteiger partial charge in [0.05, 0.1) is 34.0 Å². The molecule has 7 aromatic carbocycles. The van der Waals surface area contributed by atoms with Gasteiger partial charge < -0.3 is 14.5 Å². The molecule has 0 atom stereocenters. The quantitative estimate of drug-likeness (QED) is 0.159. The maximum Gasteiger partial charge on any atom is 0.137 e. The molecule has 9 aromatic rings. The van der Waals surface area contributed by atoms with Crippen LogP contribution in [0.1, 0.15) is 111 Å². The van der Waals surface area contributed by atoms with Gasteiger partial charge in [-0.05, 0) is 139 Å². The van der Waals surface area contributed by atoms with Gasteiger partial charge in [0.1, 0.15) is 24.0 Å². The SMILES string of the molecule is CC(C)(C)c1ccc(-c2cnc(-n3c4ccc(-c5ccc(C#N)cc5)cc4c4ccc(Oc5cccc(N6CN(c7cc(C(C)(C)C)cc(C(C)(C)C)c7)c7ccccc76)c5)cc43)cc2C(C)(C)C)cc1. The number of anilines is 4. The molecule has 0 bridgehead atoms. The van der Waals surface area contributed by atoms with Gasteiger partial charge in [0.15, 0.2) is 0 Å². The standard InChI is InChI=1S/C65H65N5O/c1-62(2,3)46-27-24-44(25-28-46)55-40-67-61(38-56(55)65(10,11)12)70-57-31-26-45(43-22-20-42(39-66)21-23-43)32-54(57)53-30-29-52(37-60(53)70)71-51-17-15-16-49(36-51)68-41-69(59-19-14-13-18-58(59)68)50-34-47(63(4,5)6)33-48(35-50)64(7,8)9/h13-38,40H,41H2,1-12H3. The number of benzene rings is 7. The second kappa shape index (κ2) is 17.4. The van der Waals surface area contributed by atoms with Gasteiger partial charge in [0, 0.05) is 46.0 Å². The zero-order chi connectivity index (χ0) is 50.2. The van der Waals surface area contributed by atoms with E-state index in [4.69, 9.17) is 9.72 Å². The van der Waals surface area contributed by atoms with E-state index in [0.29, 0.717) is 12.2 Å². The van der Waals surface area contributed by atoms with E-state index in [2.05, 4.69) is 237 Å². The molecule has 71 heavy (non-hydrogen) atoms. The number of nitriles is 1. The van der Waals surface area contributed by atoms with Gasteiger partial charge >= 0.3 is 0 Å². The van der Waals surface area contributed by atoms with Crippen LogP contribution in [-0.2, 0) is 21.7 Å². The molecule has 0 fully saturated rings. The second-order valence-corrected chi connectivity index (χ2v) is 23.5. The van der Waals surface area contributed by atoms with Crippen molar-refractivity contribution in [2.75, 3.05) is 16.5 Å². The van der Waals surface area contributed by atoms with E-state index >= 15 is 0 Å². The summed E-state index contributed by atoms with van der Waals surface area (Å²) in [5.41, 5.74) is 16.8. The average Bonchev–Trinajstić information content (AvgIpc) is 3.88. The van der Waals surface area contributed by atoms with Crippen LogP contribution in [0.3, 0.4) is 0 Å². The molecule has 6 heteroatoms. The first kappa shape index (κ1) is 47.1. The fourth-order valence-corrected chi connectivity index (χ4v) is 9.93. The minimum absolute atomic E-state index is 0.00295. The molecule has 2 aromatic heterocycles. The first-order chi connectivity index (χ1) is 33.6. The summed E-state index contributed by atoms with van der Waals surface area (Å²) >= 11 is 0. The predicted molar refractivity (Wildman–Crippen MR) is 298 cm³/mol. The molecule has 0 aliphatic carbocycles. The molecule has 0 saturated carbocycles. The Balaban J connectivity index is 1.05. The van der Waals surface area contributed by atoms with E-state index in [-0.39, 0.29) is 21.7 Å².